The lowest BCUT2D eigenvalue weighted by atomic mass is 9.85. The van der Waals surface area contributed by atoms with Gasteiger partial charge in [-0.25, -0.2) is 9.97 Å². The van der Waals surface area contributed by atoms with Crippen molar-refractivity contribution >= 4 is 58.6 Å². The summed E-state index contributed by atoms with van der Waals surface area (Å²) in [7, 11) is 0. The lowest BCUT2D eigenvalue weighted by Crippen LogP contribution is -2.57. The van der Waals surface area contributed by atoms with Crippen LogP contribution in [-0.4, -0.2) is 241 Å². The summed E-state index contributed by atoms with van der Waals surface area (Å²) in [5, 5.41) is 33.8. The minimum absolute atomic E-state index is 0.0120. The molecule has 2 aromatic carbocycles. The van der Waals surface area contributed by atoms with Gasteiger partial charge in [-0.3, -0.25) is 33.7 Å². The molecule has 2 aliphatic heterocycles. The molecule has 8 N–H and O–H groups in total. The third-order valence-electron chi connectivity index (χ3n) is 16.7. The van der Waals surface area contributed by atoms with Crippen LogP contribution < -0.4 is 37.0 Å². The molecule has 0 bridgehead atoms. The Morgan fingerprint density at radius 2 is 1.29 bits per heavy atom. The number of carbonyl (C=O) groups excluding carboxylic acids is 5. The molecular formula is C72H104N12O15S. The Balaban J connectivity index is 0.618. The summed E-state index contributed by atoms with van der Waals surface area (Å²) in [6.45, 7) is 25.5. The second kappa shape index (κ2) is 42.0. The predicted molar refractivity (Wildman–Crippen MR) is 383 cm³/mol. The number of hydrogen-bond acceptors (Lipinski definition) is 22. The van der Waals surface area contributed by atoms with E-state index in [2.05, 4.69) is 46.4 Å². The van der Waals surface area contributed by atoms with Crippen LogP contribution in [0.2, 0.25) is 0 Å². The number of amides is 5. The number of thiazole rings is 1. The first-order chi connectivity index (χ1) is 48.2. The first-order valence-electron chi connectivity index (χ1n) is 34.5. The molecule has 3 aromatic heterocycles. The molecule has 0 aliphatic carbocycles. The molecule has 5 aromatic rings. The lowest BCUT2D eigenvalue weighted by Gasteiger charge is -2.35. The average molecular weight is 1410 g/mol. The van der Waals surface area contributed by atoms with E-state index in [1.807, 2.05) is 109 Å². The Morgan fingerprint density at radius 3 is 1.83 bits per heavy atom. The van der Waals surface area contributed by atoms with Gasteiger partial charge in [-0.2, -0.15) is 0 Å². The first kappa shape index (κ1) is 79.7. The third-order valence-corrected chi connectivity index (χ3v) is 17.7. The highest BCUT2D eigenvalue weighted by molar-refractivity contribution is 7.13. The number of hydrogen-bond donors (Lipinski definition) is 8. The van der Waals surface area contributed by atoms with Crippen LogP contribution in [0.5, 0.6) is 0 Å². The van der Waals surface area contributed by atoms with E-state index >= 15 is 0 Å². The topological polar surface area (TPSA) is 332 Å². The molecule has 5 heterocycles. The van der Waals surface area contributed by atoms with Crippen LogP contribution in [0.4, 0.5) is 11.5 Å². The monoisotopic (exact) mass is 1410 g/mol. The van der Waals surface area contributed by atoms with Gasteiger partial charge >= 0.3 is 0 Å². The molecule has 100 heavy (non-hydrogen) atoms. The van der Waals surface area contributed by atoms with E-state index in [1.165, 1.54) is 11.1 Å². The van der Waals surface area contributed by atoms with Gasteiger partial charge in [0.25, 0.3) is 11.5 Å². The maximum Gasteiger partial charge on any atom is 0.253 e. The number of aliphatic hydroxyl groups is 1. The van der Waals surface area contributed by atoms with Crippen molar-refractivity contribution in [3.63, 3.8) is 0 Å². The molecule has 2 fully saturated rings. The molecule has 0 spiro atoms. The fraction of sp³-hybridized carbons (Fsp3) is 0.569. The van der Waals surface area contributed by atoms with Gasteiger partial charge in [0.1, 0.15) is 17.9 Å². The summed E-state index contributed by atoms with van der Waals surface area (Å²) in [4.78, 5) is 98.3. The number of piperazine rings is 1. The zero-order chi connectivity index (χ0) is 71.8. The predicted octanol–water partition coefficient (Wildman–Crippen LogP) is 5.19. The number of aryl methyl sites for hydroxylation is 3. The molecule has 2 saturated heterocycles. The second-order valence-electron chi connectivity index (χ2n) is 26.0. The van der Waals surface area contributed by atoms with Crippen LogP contribution in [0, 0.1) is 31.6 Å². The normalized spacial score (nSPS) is 15.3. The minimum Gasteiger partial charge on any atom is -0.391 e. The van der Waals surface area contributed by atoms with E-state index in [4.69, 9.17) is 48.3 Å². The van der Waals surface area contributed by atoms with E-state index in [9.17, 15) is 33.9 Å². The summed E-state index contributed by atoms with van der Waals surface area (Å²) < 4.78 is 44.7. The number of β-amino-alcohol motifs (C(OH)–C–C–N with tert-alkyl or cyclic N) is 1. The van der Waals surface area contributed by atoms with Crippen LogP contribution in [0.1, 0.15) is 97.9 Å². The van der Waals surface area contributed by atoms with Gasteiger partial charge in [0.2, 0.25) is 23.6 Å². The molecule has 27 nitrogen and oxygen atoms in total. The number of likely N-dealkylation sites (tertiary alicyclic amines) is 1. The molecule has 0 radical (unpaired) electrons. The number of anilines is 2. The minimum atomic E-state index is -0.937. The summed E-state index contributed by atoms with van der Waals surface area (Å²) in [5.74, 6) is -0.754. The highest BCUT2D eigenvalue weighted by Crippen LogP contribution is 2.32. The van der Waals surface area contributed by atoms with Crippen molar-refractivity contribution in [1.29, 1.82) is 5.41 Å². The number of aliphatic hydroxyl groups excluding tert-OH is 1. The van der Waals surface area contributed by atoms with Gasteiger partial charge < -0.3 is 89.8 Å². The second-order valence-corrected chi connectivity index (χ2v) is 26.8. The van der Waals surface area contributed by atoms with Crippen molar-refractivity contribution in [2.24, 2.45) is 5.41 Å². The maximum absolute atomic E-state index is 14.0. The zero-order valence-corrected chi connectivity index (χ0v) is 60.2. The van der Waals surface area contributed by atoms with Crippen LogP contribution in [0.15, 0.2) is 71.1 Å². The van der Waals surface area contributed by atoms with Crippen LogP contribution in [0.25, 0.3) is 21.6 Å². The van der Waals surface area contributed by atoms with Crippen molar-refractivity contribution in [2.45, 2.75) is 112 Å². The number of H-pyrrole nitrogens is 1. The van der Waals surface area contributed by atoms with Crippen LogP contribution in [0.3, 0.4) is 0 Å². The fourth-order valence-corrected chi connectivity index (χ4v) is 12.1. The largest absolute Gasteiger partial charge is 0.391 e. The molecule has 28 heteroatoms. The maximum atomic E-state index is 14.0. The van der Waals surface area contributed by atoms with Gasteiger partial charge in [-0.15, -0.1) is 11.3 Å². The van der Waals surface area contributed by atoms with Gasteiger partial charge in [-0.05, 0) is 92.6 Å². The van der Waals surface area contributed by atoms with Crippen molar-refractivity contribution < 1.29 is 67.0 Å². The summed E-state index contributed by atoms with van der Waals surface area (Å²) in [6, 6.07) is 15.6. The molecule has 0 saturated carbocycles. The smallest absolute Gasteiger partial charge is 0.253 e. The van der Waals surface area contributed by atoms with Gasteiger partial charge in [0.05, 0.1) is 133 Å². The number of carbonyl (C=O) groups is 5. The third kappa shape index (κ3) is 26.4. The number of pyridine rings is 2. The van der Waals surface area contributed by atoms with Crippen molar-refractivity contribution in [3.05, 3.63) is 116 Å². The van der Waals surface area contributed by atoms with Gasteiger partial charge in [-0.1, -0.05) is 45.0 Å². The molecule has 3 atom stereocenters. The van der Waals surface area contributed by atoms with E-state index < -0.39 is 35.4 Å². The Labute approximate surface area is 590 Å². The van der Waals surface area contributed by atoms with Crippen molar-refractivity contribution in [2.75, 3.05) is 162 Å². The molecule has 0 unspecified atom stereocenters. The molecular weight excluding hydrogens is 1300 g/mol. The van der Waals surface area contributed by atoms with E-state index in [1.54, 1.807) is 23.6 Å². The number of aromatic amines is 1. The number of ether oxygens (including phenoxy) is 8. The van der Waals surface area contributed by atoms with Crippen molar-refractivity contribution in [3.8, 4) is 21.6 Å². The fourth-order valence-electron chi connectivity index (χ4n) is 11.3. The SMILES string of the molecule is Cc1cc(C)c(CNC(=O)c2cc(-c3ccc(N4CCN(CCC(=O)NCCOCCOCCOCCOCCOCCOCCOCCOCCC(=O)N[C@H](C(=O)N5C[C@H](O)C[C@H]5C(=O)NCc5ccc(-c6scnc6C)cc5)C(C)(C)C)CC4)nc3)cc(NC(C)C)c2C=N)c(=O)[nH]1. The zero-order valence-electron chi connectivity index (χ0n) is 59.3. The quantitative estimate of drug-likeness (QED) is 0.0184. The van der Waals surface area contributed by atoms with Crippen molar-refractivity contribution in [1.82, 2.24) is 46.0 Å². The Bertz CT molecular complexity index is 3430. The number of aromatic nitrogens is 3. The summed E-state index contributed by atoms with van der Waals surface area (Å²) in [6.07, 6.45) is 2.60. The molecule has 5 amide bonds. The number of benzene rings is 2. The number of rotatable bonds is 44. The summed E-state index contributed by atoms with van der Waals surface area (Å²) in [5.41, 5.74) is 8.78. The number of nitrogens with one attached hydrogen (secondary N) is 7. The van der Waals surface area contributed by atoms with Gasteiger partial charge in [0, 0.05) is 125 Å². The van der Waals surface area contributed by atoms with E-state index in [0.717, 1.165) is 76.1 Å². The van der Waals surface area contributed by atoms with Crippen LogP contribution in [-0.2, 0) is 70.2 Å². The van der Waals surface area contributed by atoms with E-state index in [-0.39, 0.29) is 75.0 Å². The molecule has 7 rings (SSSR count). The Morgan fingerprint density at radius 1 is 0.700 bits per heavy atom. The highest BCUT2D eigenvalue weighted by atomic mass is 32.1. The number of nitrogens with zero attached hydrogens (tertiary/aromatic N) is 5. The van der Waals surface area contributed by atoms with Gasteiger partial charge in [0.15, 0.2) is 0 Å². The molecule has 2 aliphatic rings. The summed E-state index contributed by atoms with van der Waals surface area (Å²) >= 11 is 1.57. The molecule has 548 valence electrons. The first-order valence-corrected chi connectivity index (χ1v) is 35.4. The van der Waals surface area contributed by atoms with E-state index in [0.29, 0.717) is 134 Å². The Kier molecular flexibility index (Phi) is 33.5. The Hall–Kier alpha value is -7.61. The standard InChI is InChI=1S/C72H104N12O15S/c1-49(2)79-61-41-56(40-58(59(61)43-73)68(88)77-46-60-50(3)39-51(4)80-69(60)89)55-13-14-63(75-45-55)83-21-19-82(20-22-83)18-15-64(86)74-17-24-93-26-28-95-30-32-97-34-36-99-38-37-98-35-33-96-31-29-94-27-25-92-23-16-65(87)81-67(72(6,7)8)71(91)84-47-57(85)42-62(84)70(90)76-44-53-9-11-54(12-10-53)66-52(5)78-48-100-66/h9-14,39-41,43,45,48-49,57,62,67,73,79,85H,15-38,42,44,46-47H2,1-8H3,(H,74,86)(H,76,90)(H,77,88)(H,80,89)(H,81,87)/t57-,62+,67-/m1/s1. The lowest BCUT2D eigenvalue weighted by molar-refractivity contribution is -0.144. The van der Waals surface area contributed by atoms with Crippen LogP contribution >= 0.6 is 11.3 Å². The average Bonchev–Trinajstić information content (AvgIpc) is 1.30. The highest BCUT2D eigenvalue weighted by Gasteiger charge is 2.44.